The Morgan fingerprint density at radius 2 is 1.64 bits per heavy atom. The predicted octanol–water partition coefficient (Wildman–Crippen LogP) is 1.56. The van der Waals surface area contributed by atoms with Crippen LogP contribution in [0.2, 0.25) is 0 Å². The van der Waals surface area contributed by atoms with Crippen molar-refractivity contribution in [2.24, 2.45) is 5.92 Å². The summed E-state index contributed by atoms with van der Waals surface area (Å²) in [5, 5.41) is 18.4. The molecule has 0 bridgehead atoms. The second kappa shape index (κ2) is 6.62. The van der Waals surface area contributed by atoms with Crippen molar-refractivity contribution in [3.63, 3.8) is 0 Å². The second-order valence-electron chi connectivity index (χ2n) is 3.09. The van der Waals surface area contributed by atoms with E-state index >= 15 is 0 Å². The third kappa shape index (κ3) is 4.38. The highest BCUT2D eigenvalue weighted by Crippen LogP contribution is 2.14. The van der Waals surface area contributed by atoms with E-state index in [1.807, 2.05) is 6.92 Å². The van der Waals surface area contributed by atoms with Crippen LogP contribution in [0.5, 0.6) is 0 Å². The maximum absolute atomic E-state index is 9.48. The lowest BCUT2D eigenvalue weighted by Gasteiger charge is -2.19. The topological polar surface area (TPSA) is 40.5 Å². The van der Waals surface area contributed by atoms with Crippen molar-refractivity contribution in [1.82, 2.24) is 0 Å². The fraction of sp³-hybridized carbons (Fsp3) is 1.00. The second-order valence-corrected chi connectivity index (χ2v) is 3.09. The van der Waals surface area contributed by atoms with Gasteiger partial charge in [0.25, 0.3) is 0 Å². The van der Waals surface area contributed by atoms with Crippen molar-refractivity contribution in [3.05, 3.63) is 0 Å². The zero-order valence-electron chi connectivity index (χ0n) is 7.58. The van der Waals surface area contributed by atoms with E-state index in [9.17, 15) is 5.11 Å². The zero-order chi connectivity index (χ0) is 8.69. The van der Waals surface area contributed by atoms with Gasteiger partial charge in [-0.25, -0.2) is 0 Å². The Labute approximate surface area is 69.2 Å². The summed E-state index contributed by atoms with van der Waals surface area (Å²) in [4.78, 5) is 0. The molecule has 2 nitrogen and oxygen atoms in total. The van der Waals surface area contributed by atoms with E-state index in [1.54, 1.807) is 0 Å². The molecule has 0 fully saturated rings. The Bertz CT molecular complexity index is 83.6. The molecule has 0 unspecified atom stereocenters. The standard InChI is InChI=1S/C9H20O2/c1-3-5-8(7-10)9(11)6-4-2/h8-11H,3-7H2,1-2H3/t8-,9-/m0/s1. The summed E-state index contributed by atoms with van der Waals surface area (Å²) in [6.45, 7) is 4.24. The van der Waals surface area contributed by atoms with Crippen LogP contribution in [0.25, 0.3) is 0 Å². The molecule has 0 saturated carbocycles. The molecule has 0 aliphatic rings. The summed E-state index contributed by atoms with van der Waals surface area (Å²) >= 11 is 0. The fourth-order valence-corrected chi connectivity index (χ4v) is 1.31. The van der Waals surface area contributed by atoms with Crippen molar-refractivity contribution in [1.29, 1.82) is 0 Å². The average Bonchev–Trinajstić information content (AvgIpc) is 2.00. The molecule has 0 aromatic carbocycles. The molecule has 0 aliphatic carbocycles. The SMILES string of the molecule is CCC[C@@H](CO)[C@@H](O)CCC. The smallest absolute Gasteiger partial charge is 0.0590 e. The van der Waals surface area contributed by atoms with Gasteiger partial charge in [0.2, 0.25) is 0 Å². The van der Waals surface area contributed by atoms with Crippen LogP contribution in [0.3, 0.4) is 0 Å². The Hall–Kier alpha value is -0.0800. The first kappa shape index (κ1) is 10.9. The van der Waals surface area contributed by atoms with Gasteiger partial charge in [-0.2, -0.15) is 0 Å². The Morgan fingerprint density at radius 3 is 2.00 bits per heavy atom. The fourth-order valence-electron chi connectivity index (χ4n) is 1.31. The van der Waals surface area contributed by atoms with Crippen LogP contribution in [0.15, 0.2) is 0 Å². The molecule has 0 rings (SSSR count). The molecule has 2 atom stereocenters. The van der Waals surface area contributed by atoms with Gasteiger partial charge >= 0.3 is 0 Å². The summed E-state index contributed by atoms with van der Waals surface area (Å²) in [6.07, 6.45) is 3.46. The quantitative estimate of drug-likeness (QED) is 0.619. The van der Waals surface area contributed by atoms with E-state index in [0.29, 0.717) is 0 Å². The van der Waals surface area contributed by atoms with E-state index in [4.69, 9.17) is 5.11 Å². The van der Waals surface area contributed by atoms with E-state index in [0.717, 1.165) is 25.7 Å². The molecule has 2 N–H and O–H groups in total. The lowest BCUT2D eigenvalue weighted by Crippen LogP contribution is -2.23. The van der Waals surface area contributed by atoms with Crippen molar-refractivity contribution in [2.45, 2.75) is 45.6 Å². The number of rotatable bonds is 6. The largest absolute Gasteiger partial charge is 0.396 e. The first-order chi connectivity index (χ1) is 5.26. The summed E-state index contributed by atoms with van der Waals surface area (Å²) < 4.78 is 0. The van der Waals surface area contributed by atoms with E-state index in [-0.39, 0.29) is 18.6 Å². The first-order valence-corrected chi connectivity index (χ1v) is 4.55. The van der Waals surface area contributed by atoms with Crippen LogP contribution in [-0.4, -0.2) is 22.9 Å². The van der Waals surface area contributed by atoms with Crippen molar-refractivity contribution in [3.8, 4) is 0 Å². The number of hydrogen-bond donors (Lipinski definition) is 2. The Balaban J connectivity index is 3.61. The van der Waals surface area contributed by atoms with E-state index < -0.39 is 0 Å². The number of hydrogen-bond acceptors (Lipinski definition) is 2. The molecule has 0 spiro atoms. The summed E-state index contributed by atoms with van der Waals surface area (Å²) in [7, 11) is 0. The average molecular weight is 160 g/mol. The Kier molecular flexibility index (Phi) is 6.57. The maximum Gasteiger partial charge on any atom is 0.0590 e. The molecule has 2 heteroatoms. The highest BCUT2D eigenvalue weighted by molar-refractivity contribution is 4.66. The maximum atomic E-state index is 9.48. The molecule has 0 aliphatic heterocycles. The molecule has 0 radical (unpaired) electrons. The molecule has 0 aromatic heterocycles. The number of aliphatic hydroxyl groups is 2. The van der Waals surface area contributed by atoms with Gasteiger partial charge in [0.05, 0.1) is 6.10 Å². The van der Waals surface area contributed by atoms with Gasteiger partial charge in [-0.15, -0.1) is 0 Å². The van der Waals surface area contributed by atoms with Gasteiger partial charge in [0.15, 0.2) is 0 Å². The summed E-state index contributed by atoms with van der Waals surface area (Å²) in [5.41, 5.74) is 0. The van der Waals surface area contributed by atoms with Crippen LogP contribution in [0, 0.1) is 5.92 Å². The summed E-state index contributed by atoms with van der Waals surface area (Å²) in [6, 6.07) is 0. The van der Waals surface area contributed by atoms with Gasteiger partial charge in [-0.3, -0.25) is 0 Å². The van der Waals surface area contributed by atoms with Crippen LogP contribution in [-0.2, 0) is 0 Å². The molecule has 11 heavy (non-hydrogen) atoms. The molecular formula is C9H20O2. The lowest BCUT2D eigenvalue weighted by molar-refractivity contribution is 0.0553. The van der Waals surface area contributed by atoms with Gasteiger partial charge in [0.1, 0.15) is 0 Å². The van der Waals surface area contributed by atoms with Crippen LogP contribution < -0.4 is 0 Å². The lowest BCUT2D eigenvalue weighted by atomic mass is 9.95. The molecule has 0 aromatic rings. The van der Waals surface area contributed by atoms with Crippen LogP contribution >= 0.6 is 0 Å². The molecule has 0 heterocycles. The van der Waals surface area contributed by atoms with Crippen LogP contribution in [0.4, 0.5) is 0 Å². The third-order valence-electron chi connectivity index (χ3n) is 2.02. The van der Waals surface area contributed by atoms with Gasteiger partial charge in [-0.1, -0.05) is 26.7 Å². The van der Waals surface area contributed by atoms with E-state index in [1.165, 1.54) is 0 Å². The minimum atomic E-state index is -0.301. The minimum Gasteiger partial charge on any atom is -0.396 e. The number of aliphatic hydroxyl groups excluding tert-OH is 2. The van der Waals surface area contributed by atoms with E-state index in [2.05, 4.69) is 6.92 Å². The highest BCUT2D eigenvalue weighted by atomic mass is 16.3. The van der Waals surface area contributed by atoms with Crippen molar-refractivity contribution < 1.29 is 10.2 Å². The highest BCUT2D eigenvalue weighted by Gasteiger charge is 2.15. The van der Waals surface area contributed by atoms with Crippen LogP contribution in [0.1, 0.15) is 39.5 Å². The minimum absolute atomic E-state index is 0.0972. The monoisotopic (exact) mass is 160 g/mol. The molecule has 68 valence electrons. The predicted molar refractivity (Wildman–Crippen MR) is 46.4 cm³/mol. The van der Waals surface area contributed by atoms with Gasteiger partial charge < -0.3 is 10.2 Å². The normalized spacial score (nSPS) is 16.4. The van der Waals surface area contributed by atoms with Gasteiger partial charge in [0, 0.05) is 12.5 Å². The summed E-state index contributed by atoms with van der Waals surface area (Å²) in [5.74, 6) is 0.0972. The molecule has 0 saturated heterocycles. The Morgan fingerprint density at radius 1 is 1.09 bits per heavy atom. The third-order valence-corrected chi connectivity index (χ3v) is 2.02. The van der Waals surface area contributed by atoms with Crippen molar-refractivity contribution in [2.75, 3.05) is 6.61 Å². The first-order valence-electron chi connectivity index (χ1n) is 4.55. The van der Waals surface area contributed by atoms with Gasteiger partial charge in [-0.05, 0) is 12.8 Å². The molecular weight excluding hydrogens is 140 g/mol. The van der Waals surface area contributed by atoms with Crippen molar-refractivity contribution >= 4 is 0 Å². The zero-order valence-corrected chi connectivity index (χ0v) is 7.58. The molecule has 0 amide bonds.